The summed E-state index contributed by atoms with van der Waals surface area (Å²) < 4.78 is 19.8. The second-order valence-corrected chi connectivity index (χ2v) is 6.05. The molecule has 3 aromatic rings. The highest BCUT2D eigenvalue weighted by Gasteiger charge is 2.32. The lowest BCUT2D eigenvalue weighted by Crippen LogP contribution is -2.15. The van der Waals surface area contributed by atoms with E-state index < -0.39 is 5.67 Å². The van der Waals surface area contributed by atoms with Crippen LogP contribution in [0.5, 0.6) is 0 Å². The lowest BCUT2D eigenvalue weighted by atomic mass is 10.0. The molecule has 0 aliphatic rings. The number of hydrogen-bond donors (Lipinski definition) is 1. The van der Waals surface area contributed by atoms with Crippen molar-refractivity contribution in [2.24, 2.45) is 0 Å². The summed E-state index contributed by atoms with van der Waals surface area (Å²) in [7, 11) is 0. The van der Waals surface area contributed by atoms with Crippen molar-refractivity contribution in [3.05, 3.63) is 36.0 Å². The number of alkyl halides is 1. The Morgan fingerprint density at radius 3 is 2.62 bits per heavy atom. The van der Waals surface area contributed by atoms with E-state index in [2.05, 4.69) is 25.3 Å². The van der Waals surface area contributed by atoms with Crippen molar-refractivity contribution in [3.8, 4) is 22.8 Å². The van der Waals surface area contributed by atoms with E-state index in [1.54, 1.807) is 0 Å². The molecule has 1 aromatic carbocycles. The Morgan fingerprint density at radius 1 is 1.21 bits per heavy atom. The monoisotopic (exact) mass is 329 g/mol. The van der Waals surface area contributed by atoms with Gasteiger partial charge in [-0.1, -0.05) is 43.1 Å². The number of aromatic nitrogens is 5. The van der Waals surface area contributed by atoms with Crippen LogP contribution >= 0.6 is 0 Å². The average molecular weight is 329 g/mol. The van der Waals surface area contributed by atoms with Gasteiger partial charge >= 0.3 is 0 Å². The highest BCUT2D eigenvalue weighted by molar-refractivity contribution is 5.65. The number of aromatic amines is 1. The molecule has 0 saturated heterocycles. The highest BCUT2D eigenvalue weighted by Crippen LogP contribution is 2.31. The lowest BCUT2D eigenvalue weighted by Gasteiger charge is -2.14. The van der Waals surface area contributed by atoms with Crippen molar-refractivity contribution < 1.29 is 8.91 Å². The Kier molecular flexibility index (Phi) is 4.42. The summed E-state index contributed by atoms with van der Waals surface area (Å²) in [6.07, 6.45) is 2.05. The lowest BCUT2D eigenvalue weighted by molar-refractivity contribution is 0.118. The van der Waals surface area contributed by atoms with E-state index in [-0.39, 0.29) is 5.89 Å². The molecule has 2 heterocycles. The molecule has 0 amide bonds. The summed E-state index contributed by atoms with van der Waals surface area (Å²) in [5.74, 6) is 1.71. The zero-order valence-electron chi connectivity index (χ0n) is 14.0. The maximum Gasteiger partial charge on any atom is 0.264 e. The van der Waals surface area contributed by atoms with Gasteiger partial charge in [0.2, 0.25) is 5.82 Å². The Bertz CT molecular complexity index is 824. The Morgan fingerprint density at radius 2 is 1.96 bits per heavy atom. The molecule has 1 atom stereocenters. The number of aryl methyl sites for hydroxylation is 1. The van der Waals surface area contributed by atoms with E-state index >= 15 is 0 Å². The third-order valence-electron chi connectivity index (χ3n) is 3.85. The van der Waals surface area contributed by atoms with E-state index in [4.69, 9.17) is 4.52 Å². The first kappa shape index (κ1) is 16.3. The van der Waals surface area contributed by atoms with Crippen LogP contribution in [0, 0.1) is 6.92 Å². The summed E-state index contributed by atoms with van der Waals surface area (Å²) in [5.41, 5.74) is -0.0480. The molecule has 0 bridgehead atoms. The predicted octanol–water partition coefficient (Wildman–Crippen LogP) is 4.21. The Balaban J connectivity index is 1.88. The molecule has 1 N–H and O–H groups in total. The van der Waals surface area contributed by atoms with Crippen LogP contribution in [0.25, 0.3) is 22.8 Å². The molecule has 3 rings (SSSR count). The van der Waals surface area contributed by atoms with Gasteiger partial charge < -0.3 is 4.52 Å². The zero-order valence-corrected chi connectivity index (χ0v) is 14.0. The van der Waals surface area contributed by atoms with Gasteiger partial charge in [-0.05, 0) is 26.3 Å². The van der Waals surface area contributed by atoms with Gasteiger partial charge in [0.05, 0.1) is 0 Å². The van der Waals surface area contributed by atoms with Gasteiger partial charge in [0.1, 0.15) is 5.82 Å². The molecular weight excluding hydrogens is 309 g/mol. The summed E-state index contributed by atoms with van der Waals surface area (Å²) in [5, 5.41) is 10.9. The second kappa shape index (κ2) is 6.51. The first-order valence-corrected chi connectivity index (χ1v) is 8.02. The highest BCUT2D eigenvalue weighted by atomic mass is 19.1. The van der Waals surface area contributed by atoms with Crippen molar-refractivity contribution in [1.29, 1.82) is 0 Å². The number of benzene rings is 1. The Hall–Kier alpha value is -2.57. The van der Waals surface area contributed by atoms with Gasteiger partial charge in [0, 0.05) is 11.1 Å². The van der Waals surface area contributed by atoms with Crippen LogP contribution in [-0.4, -0.2) is 25.3 Å². The molecule has 0 unspecified atom stereocenters. The van der Waals surface area contributed by atoms with E-state index in [0.717, 1.165) is 29.8 Å². The number of H-pyrrole nitrogens is 1. The second-order valence-electron chi connectivity index (χ2n) is 6.05. The zero-order chi connectivity index (χ0) is 17.2. The van der Waals surface area contributed by atoms with Crippen LogP contribution < -0.4 is 0 Å². The van der Waals surface area contributed by atoms with Crippen LogP contribution in [0.3, 0.4) is 0 Å². The third kappa shape index (κ3) is 3.34. The molecule has 0 aliphatic heterocycles. The quantitative estimate of drug-likeness (QED) is 0.733. The van der Waals surface area contributed by atoms with Crippen LogP contribution in [0.4, 0.5) is 4.39 Å². The largest absolute Gasteiger partial charge is 0.335 e. The van der Waals surface area contributed by atoms with Gasteiger partial charge in [-0.25, -0.2) is 9.37 Å². The molecule has 2 aromatic heterocycles. The van der Waals surface area contributed by atoms with Crippen molar-refractivity contribution in [2.75, 3.05) is 0 Å². The van der Waals surface area contributed by atoms with Crippen LogP contribution in [0.1, 0.15) is 44.8 Å². The van der Waals surface area contributed by atoms with Gasteiger partial charge in [-0.2, -0.15) is 10.1 Å². The van der Waals surface area contributed by atoms with E-state index in [1.807, 2.05) is 38.1 Å². The van der Waals surface area contributed by atoms with Gasteiger partial charge in [-0.3, -0.25) is 5.10 Å². The Labute approximate surface area is 139 Å². The van der Waals surface area contributed by atoms with Crippen LogP contribution in [0.15, 0.2) is 28.8 Å². The molecule has 0 radical (unpaired) electrons. The topological polar surface area (TPSA) is 80.5 Å². The average Bonchev–Trinajstić information content (AvgIpc) is 3.23. The summed E-state index contributed by atoms with van der Waals surface area (Å²) >= 11 is 0. The molecule has 0 saturated carbocycles. The van der Waals surface area contributed by atoms with E-state index in [1.165, 1.54) is 6.92 Å². The summed E-state index contributed by atoms with van der Waals surface area (Å²) in [4.78, 5) is 8.55. The number of rotatable bonds is 6. The molecule has 126 valence electrons. The summed E-state index contributed by atoms with van der Waals surface area (Å²) in [6, 6.07) is 7.46. The summed E-state index contributed by atoms with van der Waals surface area (Å²) in [6.45, 7) is 5.34. The fourth-order valence-electron chi connectivity index (χ4n) is 2.44. The first-order chi connectivity index (χ1) is 11.5. The number of hydrogen-bond acceptors (Lipinski definition) is 5. The molecule has 6 nitrogen and oxygen atoms in total. The fourth-order valence-corrected chi connectivity index (χ4v) is 2.44. The normalized spacial score (nSPS) is 13.8. The molecule has 7 heteroatoms. The van der Waals surface area contributed by atoms with Crippen LogP contribution in [0.2, 0.25) is 0 Å². The maximum atomic E-state index is 14.7. The number of nitrogens with one attached hydrogen (secondary N) is 1. The van der Waals surface area contributed by atoms with E-state index in [0.29, 0.717) is 18.1 Å². The van der Waals surface area contributed by atoms with Gasteiger partial charge in [0.25, 0.3) is 5.89 Å². The van der Waals surface area contributed by atoms with Crippen molar-refractivity contribution in [2.45, 2.75) is 45.7 Å². The predicted molar refractivity (Wildman–Crippen MR) is 87.8 cm³/mol. The number of halogens is 1. The van der Waals surface area contributed by atoms with Gasteiger partial charge in [0.15, 0.2) is 11.5 Å². The molecular formula is C17H20FN5O. The van der Waals surface area contributed by atoms with E-state index in [9.17, 15) is 4.39 Å². The fraction of sp³-hybridized carbons (Fsp3) is 0.412. The van der Waals surface area contributed by atoms with Crippen LogP contribution in [-0.2, 0) is 5.67 Å². The molecule has 0 aliphatic carbocycles. The SMILES string of the molecule is CCCC[C@](C)(F)c1nc(-c2cccc(-c3n[nH]c(C)n3)c2)no1. The first-order valence-electron chi connectivity index (χ1n) is 8.02. The third-order valence-corrected chi connectivity index (χ3v) is 3.85. The minimum Gasteiger partial charge on any atom is -0.335 e. The van der Waals surface area contributed by atoms with Crippen molar-refractivity contribution in [3.63, 3.8) is 0 Å². The smallest absolute Gasteiger partial charge is 0.264 e. The number of unbranched alkanes of at least 4 members (excludes halogenated alkanes) is 1. The minimum absolute atomic E-state index is 0.0186. The number of nitrogens with zero attached hydrogens (tertiary/aromatic N) is 4. The molecule has 24 heavy (non-hydrogen) atoms. The maximum absolute atomic E-state index is 14.7. The molecule has 0 fully saturated rings. The molecule has 0 spiro atoms. The minimum atomic E-state index is -1.61. The van der Waals surface area contributed by atoms with Gasteiger partial charge in [-0.15, -0.1) is 0 Å². The van der Waals surface area contributed by atoms with Crippen molar-refractivity contribution >= 4 is 0 Å². The standard InChI is InChI=1S/C17H20FN5O/c1-4-5-9-17(3,18)16-20-15(23-24-16)13-8-6-7-12(10-13)14-19-11(2)21-22-14/h6-8,10H,4-5,9H2,1-3H3,(H,19,21,22)/t17-/m0/s1. The van der Waals surface area contributed by atoms with Crippen molar-refractivity contribution in [1.82, 2.24) is 25.3 Å².